The Morgan fingerprint density at radius 1 is 1.10 bits per heavy atom. The fraction of sp³-hybridized carbons (Fsp3) is 0.350. The maximum Gasteiger partial charge on any atom is 0.279 e. The van der Waals surface area contributed by atoms with Crippen LogP contribution in [0.15, 0.2) is 53.4 Å². The lowest BCUT2D eigenvalue weighted by Crippen LogP contribution is -2.46. The van der Waals surface area contributed by atoms with Gasteiger partial charge in [0.1, 0.15) is 18.1 Å². The third kappa shape index (κ3) is 4.90. The van der Waals surface area contributed by atoms with E-state index in [-0.39, 0.29) is 24.5 Å². The van der Waals surface area contributed by atoms with Crippen LogP contribution in [0.25, 0.3) is 0 Å². The molecule has 1 fully saturated rings. The summed E-state index contributed by atoms with van der Waals surface area (Å²) in [6, 6.07) is 13.3. The number of ether oxygens (including phenoxy) is 3. The first kappa shape index (κ1) is 22.0. The van der Waals surface area contributed by atoms with Gasteiger partial charge in [0, 0.05) is 6.61 Å². The number of methoxy groups -OCH3 is 1. The van der Waals surface area contributed by atoms with Crippen molar-refractivity contribution in [3.05, 3.63) is 54.1 Å². The number of hydroxylamine groups is 2. The molecular weight excluding hydrogens is 414 g/mol. The highest BCUT2D eigenvalue weighted by molar-refractivity contribution is 7.92. The third-order valence-electron chi connectivity index (χ3n) is 4.92. The van der Waals surface area contributed by atoms with Gasteiger partial charge in [-0.3, -0.25) is 15.2 Å². The average molecular weight is 437 g/mol. The van der Waals surface area contributed by atoms with Crippen LogP contribution in [0, 0.1) is 5.92 Å². The number of hydrogen-bond donors (Lipinski definition) is 2. The van der Waals surface area contributed by atoms with E-state index in [0.717, 1.165) is 11.3 Å². The molecule has 1 saturated heterocycles. The first-order chi connectivity index (χ1) is 14.3. The Morgan fingerprint density at radius 2 is 1.73 bits per heavy atom. The molecule has 2 aromatic rings. The summed E-state index contributed by atoms with van der Waals surface area (Å²) in [5, 5.41) is 16.3. The molecule has 1 aliphatic heterocycles. The Kier molecular flexibility index (Phi) is 6.93. The Hall–Kier alpha value is -2.66. The van der Waals surface area contributed by atoms with Crippen molar-refractivity contribution in [1.29, 1.82) is 0 Å². The minimum absolute atomic E-state index is 0.0198. The Balaban J connectivity index is 1.71. The Bertz CT molecular complexity index is 957. The van der Waals surface area contributed by atoms with Gasteiger partial charge in [0.15, 0.2) is 9.84 Å². The molecule has 0 radical (unpaired) electrons. The van der Waals surface area contributed by atoms with Crippen LogP contribution in [0.4, 0.5) is 0 Å². The molecule has 0 bridgehead atoms. The van der Waals surface area contributed by atoms with E-state index in [4.69, 9.17) is 24.6 Å². The van der Waals surface area contributed by atoms with E-state index >= 15 is 0 Å². The molecule has 0 aromatic heterocycles. The van der Waals surface area contributed by atoms with E-state index in [2.05, 4.69) is 0 Å². The van der Waals surface area contributed by atoms with Crippen LogP contribution in [0.2, 0.25) is 0 Å². The third-order valence-corrected chi connectivity index (χ3v) is 7.21. The van der Waals surface area contributed by atoms with Crippen molar-refractivity contribution in [1.82, 2.24) is 5.23 Å². The molecule has 1 amide bonds. The van der Waals surface area contributed by atoms with E-state index in [0.29, 0.717) is 12.4 Å². The number of carbonyl (C=O) groups is 1. The van der Waals surface area contributed by atoms with Gasteiger partial charge in [-0.25, -0.2) is 8.42 Å². The topological polar surface area (TPSA) is 123 Å². The van der Waals surface area contributed by atoms with E-state index in [1.165, 1.54) is 24.3 Å². The van der Waals surface area contributed by atoms with Crippen molar-refractivity contribution < 1.29 is 37.8 Å². The SMILES string of the molecule is COc1ccc(COc2ccc(S(=O)(=O)C3CCOCC3C(=O)N(O)O)cc2)cc1. The number of sulfone groups is 1. The molecule has 1 heterocycles. The average Bonchev–Trinajstić information content (AvgIpc) is 2.77. The van der Waals surface area contributed by atoms with E-state index in [1.807, 2.05) is 24.3 Å². The zero-order chi connectivity index (χ0) is 21.7. The molecule has 10 heteroatoms. The second kappa shape index (κ2) is 9.43. The smallest absolute Gasteiger partial charge is 0.279 e. The molecule has 0 aliphatic carbocycles. The van der Waals surface area contributed by atoms with Gasteiger partial charge in [0.05, 0.1) is 29.8 Å². The van der Waals surface area contributed by atoms with Crippen molar-refractivity contribution in [2.75, 3.05) is 20.3 Å². The van der Waals surface area contributed by atoms with Gasteiger partial charge in [0.25, 0.3) is 5.91 Å². The molecule has 9 nitrogen and oxygen atoms in total. The maximum absolute atomic E-state index is 13.0. The van der Waals surface area contributed by atoms with Crippen LogP contribution in [0.1, 0.15) is 12.0 Å². The second-order valence-corrected chi connectivity index (χ2v) is 8.96. The summed E-state index contributed by atoms with van der Waals surface area (Å²) >= 11 is 0. The number of nitrogens with zero attached hydrogens (tertiary/aromatic N) is 1. The van der Waals surface area contributed by atoms with Gasteiger partial charge < -0.3 is 14.2 Å². The van der Waals surface area contributed by atoms with E-state index in [1.54, 1.807) is 7.11 Å². The van der Waals surface area contributed by atoms with Crippen LogP contribution in [0.5, 0.6) is 11.5 Å². The minimum Gasteiger partial charge on any atom is -0.497 e. The zero-order valence-electron chi connectivity index (χ0n) is 16.3. The summed E-state index contributed by atoms with van der Waals surface area (Å²) in [6.45, 7) is 0.256. The lowest BCUT2D eigenvalue weighted by atomic mass is 10.0. The standard InChI is InChI=1S/C20H23NO8S/c1-27-15-4-2-14(3-5-15)12-29-16-6-8-17(9-7-16)30(25,26)19-10-11-28-13-18(19)20(22)21(23)24/h2-9,18-19,23-24H,10-13H2,1H3. The normalized spacial score (nSPS) is 19.2. The fourth-order valence-electron chi connectivity index (χ4n) is 3.26. The van der Waals surface area contributed by atoms with Gasteiger partial charge in [-0.2, -0.15) is 0 Å². The van der Waals surface area contributed by atoms with Crippen molar-refractivity contribution in [3.8, 4) is 11.5 Å². The van der Waals surface area contributed by atoms with Gasteiger partial charge in [-0.05, 0) is 48.4 Å². The number of rotatable bonds is 7. The molecule has 2 aromatic carbocycles. The monoisotopic (exact) mass is 437 g/mol. The second-order valence-electron chi connectivity index (χ2n) is 6.79. The minimum atomic E-state index is -3.90. The summed E-state index contributed by atoms with van der Waals surface area (Å²) in [5.74, 6) is -1.10. The van der Waals surface area contributed by atoms with Crippen LogP contribution in [-0.4, -0.2) is 55.5 Å². The van der Waals surface area contributed by atoms with Gasteiger partial charge in [-0.15, -0.1) is 0 Å². The molecule has 2 atom stereocenters. The van der Waals surface area contributed by atoms with Crippen LogP contribution < -0.4 is 9.47 Å². The predicted molar refractivity (Wildman–Crippen MR) is 104 cm³/mol. The van der Waals surface area contributed by atoms with Crippen molar-refractivity contribution in [3.63, 3.8) is 0 Å². The van der Waals surface area contributed by atoms with Crippen LogP contribution in [0.3, 0.4) is 0 Å². The quantitative estimate of drug-likeness (QED) is 0.499. The lowest BCUT2D eigenvalue weighted by molar-refractivity contribution is -0.289. The van der Waals surface area contributed by atoms with E-state index < -0.39 is 32.1 Å². The van der Waals surface area contributed by atoms with Crippen LogP contribution >= 0.6 is 0 Å². The molecule has 3 rings (SSSR count). The van der Waals surface area contributed by atoms with Crippen LogP contribution in [-0.2, 0) is 26.0 Å². The molecule has 1 aliphatic rings. The van der Waals surface area contributed by atoms with Gasteiger partial charge >= 0.3 is 0 Å². The predicted octanol–water partition coefficient (Wildman–Crippen LogP) is 2.06. The highest BCUT2D eigenvalue weighted by Gasteiger charge is 2.42. The molecular formula is C20H23NO8S. The summed E-state index contributed by atoms with van der Waals surface area (Å²) < 4.78 is 42.0. The zero-order valence-corrected chi connectivity index (χ0v) is 17.1. The number of carbonyl (C=O) groups excluding carboxylic acids is 1. The van der Waals surface area contributed by atoms with Gasteiger partial charge in [0.2, 0.25) is 0 Å². The summed E-state index contributed by atoms with van der Waals surface area (Å²) in [5.41, 5.74) is 0.925. The molecule has 0 spiro atoms. The largest absolute Gasteiger partial charge is 0.497 e. The number of amides is 1. The summed E-state index contributed by atoms with van der Waals surface area (Å²) in [7, 11) is -2.31. The number of hydrogen-bond acceptors (Lipinski definition) is 8. The number of benzene rings is 2. The van der Waals surface area contributed by atoms with E-state index in [9.17, 15) is 13.2 Å². The molecule has 2 unspecified atom stereocenters. The van der Waals surface area contributed by atoms with Crippen molar-refractivity contribution in [2.45, 2.75) is 23.2 Å². The Labute approximate surface area is 174 Å². The fourth-order valence-corrected chi connectivity index (χ4v) is 5.16. The first-order valence-corrected chi connectivity index (χ1v) is 10.8. The molecule has 2 N–H and O–H groups in total. The highest BCUT2D eigenvalue weighted by atomic mass is 32.2. The van der Waals surface area contributed by atoms with Gasteiger partial charge in [-0.1, -0.05) is 17.4 Å². The summed E-state index contributed by atoms with van der Waals surface area (Å²) in [4.78, 5) is 12.0. The highest BCUT2D eigenvalue weighted by Crippen LogP contribution is 2.30. The first-order valence-electron chi connectivity index (χ1n) is 9.22. The Morgan fingerprint density at radius 3 is 2.33 bits per heavy atom. The lowest BCUT2D eigenvalue weighted by Gasteiger charge is -2.30. The molecule has 162 valence electrons. The van der Waals surface area contributed by atoms with Crippen molar-refractivity contribution in [2.24, 2.45) is 5.92 Å². The summed E-state index contributed by atoms with van der Waals surface area (Å²) in [6.07, 6.45) is 0.0717. The molecule has 30 heavy (non-hydrogen) atoms. The van der Waals surface area contributed by atoms with Crippen molar-refractivity contribution >= 4 is 15.7 Å². The molecule has 0 saturated carbocycles. The maximum atomic E-state index is 13.0.